The van der Waals surface area contributed by atoms with Crippen molar-refractivity contribution in [3.63, 3.8) is 0 Å². The summed E-state index contributed by atoms with van der Waals surface area (Å²) in [5.74, 6) is -0.104. The van der Waals surface area contributed by atoms with Crippen molar-refractivity contribution >= 4 is 16.9 Å². The third-order valence-electron chi connectivity index (χ3n) is 8.08. The molecule has 0 saturated carbocycles. The molecule has 2 aliphatic rings. The standard InChI is InChI=1S/C34H36N4O3S/c1-34(2,3)42(41)38-22-28-20-29(33(40)37-17-13-23-7-4-5-8-27(23)21-37)36-32(31(28)30(38)14-18-39)26-10-6-9-25(19-26)24-11-15-35-16-12-24/h4-12,15-16,19-20,30,39H,13-14,17-18,21-22H2,1-3H3/t30-,42?/m1/s1. The molecule has 1 amide bonds. The van der Waals surface area contributed by atoms with E-state index in [1.54, 1.807) is 12.4 Å². The molecule has 4 aromatic rings. The molecule has 6 rings (SSSR count). The molecule has 0 fully saturated rings. The van der Waals surface area contributed by atoms with Crippen LogP contribution < -0.4 is 0 Å². The molecule has 0 bridgehead atoms. The quantitative estimate of drug-likeness (QED) is 0.316. The number of amides is 1. The largest absolute Gasteiger partial charge is 0.396 e. The van der Waals surface area contributed by atoms with E-state index < -0.39 is 15.7 Å². The first kappa shape index (κ1) is 28.4. The van der Waals surface area contributed by atoms with Crippen molar-refractivity contribution in [1.82, 2.24) is 19.2 Å². The molecule has 2 aromatic heterocycles. The number of rotatable bonds is 6. The number of pyridine rings is 2. The van der Waals surface area contributed by atoms with Crippen molar-refractivity contribution in [2.45, 2.75) is 57.5 Å². The Balaban J connectivity index is 1.47. The van der Waals surface area contributed by atoms with E-state index >= 15 is 0 Å². The van der Waals surface area contributed by atoms with Crippen LogP contribution in [0.3, 0.4) is 0 Å². The lowest BCUT2D eigenvalue weighted by Gasteiger charge is -2.30. The van der Waals surface area contributed by atoms with Crippen LogP contribution in [0, 0.1) is 0 Å². The fourth-order valence-electron chi connectivity index (χ4n) is 6.02. The summed E-state index contributed by atoms with van der Waals surface area (Å²) in [6, 6.07) is 21.9. The summed E-state index contributed by atoms with van der Waals surface area (Å²) in [7, 11) is -1.32. The second kappa shape index (κ2) is 11.5. The van der Waals surface area contributed by atoms with Crippen molar-refractivity contribution in [3.8, 4) is 22.4 Å². The highest BCUT2D eigenvalue weighted by molar-refractivity contribution is 7.84. The highest BCUT2D eigenvalue weighted by Gasteiger charge is 2.40. The molecule has 42 heavy (non-hydrogen) atoms. The number of nitrogens with zero attached hydrogens (tertiary/aromatic N) is 4. The highest BCUT2D eigenvalue weighted by Crippen LogP contribution is 2.44. The third kappa shape index (κ3) is 5.42. The Morgan fingerprint density at radius 3 is 2.40 bits per heavy atom. The molecule has 7 nitrogen and oxygen atoms in total. The van der Waals surface area contributed by atoms with Gasteiger partial charge in [-0.15, -0.1) is 0 Å². The van der Waals surface area contributed by atoms with Crippen LogP contribution in [-0.2, 0) is 30.5 Å². The van der Waals surface area contributed by atoms with E-state index in [1.807, 2.05) is 78.5 Å². The lowest BCUT2D eigenvalue weighted by atomic mass is 9.94. The van der Waals surface area contributed by atoms with Crippen LogP contribution in [0.15, 0.2) is 79.1 Å². The third-order valence-corrected chi connectivity index (χ3v) is 9.93. The van der Waals surface area contributed by atoms with E-state index in [0.717, 1.165) is 34.2 Å². The Morgan fingerprint density at radius 1 is 0.929 bits per heavy atom. The number of hydrogen-bond donors (Lipinski definition) is 1. The monoisotopic (exact) mass is 580 g/mol. The SMILES string of the molecule is CC(C)(C)S(=O)N1Cc2cc(C(=O)N3CCc4ccccc4C3)nc(-c3cccc(-c4ccncc4)c3)c2[C@H]1CCO. The summed E-state index contributed by atoms with van der Waals surface area (Å²) in [6.07, 6.45) is 4.77. The maximum Gasteiger partial charge on any atom is 0.272 e. The molecule has 216 valence electrons. The first-order valence-electron chi connectivity index (χ1n) is 14.4. The predicted molar refractivity (Wildman–Crippen MR) is 166 cm³/mol. The fourth-order valence-corrected chi connectivity index (χ4v) is 7.42. The van der Waals surface area contributed by atoms with Gasteiger partial charge in [-0.05, 0) is 85.7 Å². The van der Waals surface area contributed by atoms with Gasteiger partial charge in [0.05, 0.1) is 16.5 Å². The van der Waals surface area contributed by atoms with E-state index in [4.69, 9.17) is 4.98 Å². The number of aliphatic hydroxyl groups excluding tert-OH is 1. The number of hydrogen-bond acceptors (Lipinski definition) is 5. The minimum atomic E-state index is -1.32. The summed E-state index contributed by atoms with van der Waals surface area (Å²) >= 11 is 0. The molecule has 2 aromatic carbocycles. The lowest BCUT2D eigenvalue weighted by molar-refractivity contribution is 0.0728. The second-order valence-corrected chi connectivity index (χ2v) is 14.1. The predicted octanol–water partition coefficient (Wildman–Crippen LogP) is 5.71. The maximum absolute atomic E-state index is 14.0. The van der Waals surface area contributed by atoms with Gasteiger partial charge in [0, 0.05) is 49.8 Å². The molecule has 0 spiro atoms. The van der Waals surface area contributed by atoms with E-state index in [9.17, 15) is 14.1 Å². The van der Waals surface area contributed by atoms with Gasteiger partial charge in [0.15, 0.2) is 0 Å². The van der Waals surface area contributed by atoms with Crippen LogP contribution in [0.5, 0.6) is 0 Å². The van der Waals surface area contributed by atoms with E-state index in [-0.39, 0.29) is 18.6 Å². The van der Waals surface area contributed by atoms with Crippen molar-refractivity contribution in [1.29, 1.82) is 0 Å². The zero-order chi connectivity index (χ0) is 29.4. The highest BCUT2D eigenvalue weighted by atomic mass is 32.2. The van der Waals surface area contributed by atoms with Gasteiger partial charge in [0.2, 0.25) is 0 Å². The Kier molecular flexibility index (Phi) is 7.79. The number of carbonyl (C=O) groups is 1. The molecule has 0 saturated heterocycles. The molecular weight excluding hydrogens is 544 g/mol. The number of aromatic nitrogens is 2. The van der Waals surface area contributed by atoms with E-state index in [0.29, 0.717) is 37.4 Å². The van der Waals surface area contributed by atoms with Gasteiger partial charge in [-0.25, -0.2) is 13.5 Å². The summed E-state index contributed by atoms with van der Waals surface area (Å²) in [4.78, 5) is 25.1. The van der Waals surface area contributed by atoms with Crippen LogP contribution in [0.4, 0.5) is 0 Å². The molecule has 1 N–H and O–H groups in total. The molecule has 4 heterocycles. The zero-order valence-electron chi connectivity index (χ0n) is 24.3. The smallest absolute Gasteiger partial charge is 0.272 e. The Labute approximate surface area is 249 Å². The first-order chi connectivity index (χ1) is 20.2. The van der Waals surface area contributed by atoms with Gasteiger partial charge in [-0.1, -0.05) is 42.5 Å². The Bertz CT molecular complexity index is 1650. The number of carbonyl (C=O) groups excluding carboxylic acids is 1. The summed E-state index contributed by atoms with van der Waals surface area (Å²) in [5, 5.41) is 10.1. The fraction of sp³-hybridized carbons (Fsp3) is 0.324. The first-order valence-corrected chi connectivity index (χ1v) is 15.6. The normalized spacial score (nSPS) is 17.5. The maximum atomic E-state index is 14.0. The molecular formula is C34H36N4O3S. The molecule has 2 atom stereocenters. The van der Waals surface area contributed by atoms with E-state index in [1.165, 1.54) is 11.1 Å². The van der Waals surface area contributed by atoms with Crippen molar-refractivity contribution in [2.75, 3.05) is 13.2 Å². The van der Waals surface area contributed by atoms with Crippen LogP contribution >= 0.6 is 0 Å². The minimum absolute atomic E-state index is 0.0493. The number of benzene rings is 2. The van der Waals surface area contributed by atoms with Gasteiger partial charge in [0.25, 0.3) is 5.91 Å². The zero-order valence-corrected chi connectivity index (χ0v) is 25.1. The van der Waals surface area contributed by atoms with Crippen molar-refractivity contribution in [3.05, 3.63) is 107 Å². The van der Waals surface area contributed by atoms with Crippen molar-refractivity contribution < 1.29 is 14.1 Å². The van der Waals surface area contributed by atoms with Gasteiger partial charge >= 0.3 is 0 Å². The van der Waals surface area contributed by atoms with Crippen LogP contribution in [0.25, 0.3) is 22.4 Å². The summed E-state index contributed by atoms with van der Waals surface area (Å²) in [5.41, 5.74) is 8.35. The van der Waals surface area contributed by atoms with Crippen LogP contribution in [0.1, 0.15) is 66.0 Å². The Morgan fingerprint density at radius 2 is 1.67 bits per heavy atom. The van der Waals surface area contributed by atoms with Crippen LogP contribution in [0.2, 0.25) is 0 Å². The van der Waals surface area contributed by atoms with Gasteiger partial charge in [0.1, 0.15) is 16.7 Å². The molecule has 1 unspecified atom stereocenters. The molecule has 2 aliphatic heterocycles. The topological polar surface area (TPSA) is 86.6 Å². The molecule has 8 heteroatoms. The van der Waals surface area contributed by atoms with Crippen LogP contribution in [-0.4, -0.2) is 52.3 Å². The minimum Gasteiger partial charge on any atom is -0.396 e. The number of aliphatic hydroxyl groups is 1. The van der Waals surface area contributed by atoms with Gasteiger partial charge in [-0.2, -0.15) is 0 Å². The van der Waals surface area contributed by atoms with Gasteiger partial charge in [-0.3, -0.25) is 9.78 Å². The summed E-state index contributed by atoms with van der Waals surface area (Å²) in [6.45, 7) is 7.44. The van der Waals surface area contributed by atoms with Crippen molar-refractivity contribution in [2.24, 2.45) is 0 Å². The lowest BCUT2D eigenvalue weighted by Crippen LogP contribution is -2.36. The molecule has 0 radical (unpaired) electrons. The van der Waals surface area contributed by atoms with E-state index in [2.05, 4.69) is 23.2 Å². The second-order valence-electron chi connectivity index (χ2n) is 12.0. The average molecular weight is 581 g/mol. The van der Waals surface area contributed by atoms with Gasteiger partial charge < -0.3 is 10.0 Å². The molecule has 0 aliphatic carbocycles. The Hall–Kier alpha value is -3.72. The number of fused-ring (bicyclic) bond motifs is 2. The summed E-state index contributed by atoms with van der Waals surface area (Å²) < 4.78 is 15.2. The average Bonchev–Trinajstić information content (AvgIpc) is 3.37.